The lowest BCUT2D eigenvalue weighted by molar-refractivity contribution is 0.593. The van der Waals surface area contributed by atoms with Gasteiger partial charge in [0.25, 0.3) is 0 Å². The lowest BCUT2D eigenvalue weighted by Crippen LogP contribution is -2.12. The van der Waals surface area contributed by atoms with Gasteiger partial charge in [0.15, 0.2) is 5.82 Å². The van der Waals surface area contributed by atoms with Crippen LogP contribution in [-0.2, 0) is 6.54 Å². The molecule has 106 valence electrons. The van der Waals surface area contributed by atoms with Crippen LogP contribution in [0.25, 0.3) is 11.1 Å². The maximum atomic E-state index is 14.1. The lowest BCUT2D eigenvalue weighted by atomic mass is 10.0. The average molecular weight is 361 g/mol. The van der Waals surface area contributed by atoms with Crippen molar-refractivity contribution in [1.29, 1.82) is 0 Å². The van der Waals surface area contributed by atoms with E-state index in [1.807, 2.05) is 6.92 Å². The van der Waals surface area contributed by atoms with E-state index in [2.05, 4.69) is 21.2 Å². The van der Waals surface area contributed by atoms with Crippen LogP contribution >= 0.6 is 27.5 Å². The Bertz CT molecular complexity index is 632. The van der Waals surface area contributed by atoms with E-state index in [9.17, 15) is 8.78 Å². The van der Waals surface area contributed by atoms with Crippen LogP contribution in [0.15, 0.2) is 34.8 Å². The molecule has 0 aliphatic rings. The van der Waals surface area contributed by atoms with Crippen LogP contribution in [0.3, 0.4) is 0 Å². The van der Waals surface area contributed by atoms with E-state index < -0.39 is 5.82 Å². The second-order valence-corrected chi connectivity index (χ2v) is 5.54. The number of rotatable bonds is 4. The third kappa shape index (κ3) is 3.19. The smallest absolute Gasteiger partial charge is 0.150 e. The number of hydrogen-bond acceptors (Lipinski definition) is 1. The van der Waals surface area contributed by atoms with Crippen molar-refractivity contribution in [2.45, 2.75) is 13.5 Å². The van der Waals surface area contributed by atoms with Crippen LogP contribution in [0.2, 0.25) is 5.02 Å². The van der Waals surface area contributed by atoms with E-state index >= 15 is 0 Å². The largest absolute Gasteiger partial charge is 0.313 e. The van der Waals surface area contributed by atoms with Crippen molar-refractivity contribution in [3.05, 3.63) is 57.0 Å². The Morgan fingerprint density at radius 2 is 1.95 bits per heavy atom. The van der Waals surface area contributed by atoms with Crippen molar-refractivity contribution in [3.8, 4) is 11.1 Å². The molecule has 0 saturated heterocycles. The van der Waals surface area contributed by atoms with Crippen molar-refractivity contribution in [2.75, 3.05) is 6.54 Å². The van der Waals surface area contributed by atoms with Crippen LogP contribution < -0.4 is 5.32 Å². The normalized spacial score (nSPS) is 10.8. The van der Waals surface area contributed by atoms with Gasteiger partial charge >= 0.3 is 0 Å². The van der Waals surface area contributed by atoms with Gasteiger partial charge < -0.3 is 5.32 Å². The molecule has 5 heteroatoms. The second kappa shape index (κ2) is 6.66. The minimum atomic E-state index is -0.556. The fourth-order valence-electron chi connectivity index (χ4n) is 1.87. The molecule has 0 aliphatic carbocycles. The molecule has 0 aliphatic heterocycles. The van der Waals surface area contributed by atoms with Gasteiger partial charge in [-0.2, -0.15) is 0 Å². The summed E-state index contributed by atoms with van der Waals surface area (Å²) in [6, 6.07) is 7.89. The molecule has 0 bridgehead atoms. The Hall–Kier alpha value is -0.970. The monoisotopic (exact) mass is 359 g/mol. The Morgan fingerprint density at radius 3 is 2.60 bits per heavy atom. The maximum absolute atomic E-state index is 14.1. The van der Waals surface area contributed by atoms with Crippen LogP contribution in [0.4, 0.5) is 8.78 Å². The molecule has 1 N–H and O–H groups in total. The molecule has 0 fully saturated rings. The molecule has 0 amide bonds. The third-order valence-corrected chi connectivity index (χ3v) is 4.22. The first kappa shape index (κ1) is 15.4. The van der Waals surface area contributed by atoms with E-state index in [4.69, 9.17) is 11.6 Å². The first-order chi connectivity index (χ1) is 9.54. The van der Waals surface area contributed by atoms with Crippen LogP contribution in [0, 0.1) is 11.6 Å². The fourth-order valence-corrected chi connectivity index (χ4v) is 2.34. The van der Waals surface area contributed by atoms with Crippen LogP contribution in [0.5, 0.6) is 0 Å². The molecule has 1 nitrogen and oxygen atoms in total. The summed E-state index contributed by atoms with van der Waals surface area (Å²) in [6.07, 6.45) is 0. The summed E-state index contributed by atoms with van der Waals surface area (Å²) in [6.45, 7) is 3.16. The van der Waals surface area contributed by atoms with Gasteiger partial charge in [-0.15, -0.1) is 0 Å². The van der Waals surface area contributed by atoms with E-state index in [1.54, 1.807) is 24.3 Å². The first-order valence-electron chi connectivity index (χ1n) is 6.17. The minimum Gasteiger partial charge on any atom is -0.313 e. The number of halogens is 4. The second-order valence-electron chi connectivity index (χ2n) is 4.31. The topological polar surface area (TPSA) is 12.0 Å². The highest BCUT2D eigenvalue weighted by Crippen LogP contribution is 2.33. The molecule has 0 spiro atoms. The molecule has 2 aromatic carbocycles. The molecule has 2 rings (SSSR count). The minimum absolute atomic E-state index is 0.000339. The Morgan fingerprint density at radius 1 is 1.20 bits per heavy atom. The van der Waals surface area contributed by atoms with Gasteiger partial charge in [-0.3, -0.25) is 0 Å². The van der Waals surface area contributed by atoms with Crippen molar-refractivity contribution in [1.82, 2.24) is 5.32 Å². The van der Waals surface area contributed by atoms with Gasteiger partial charge in [0, 0.05) is 22.1 Å². The fraction of sp³-hybridized carbons (Fsp3) is 0.200. The molecule has 0 radical (unpaired) electrons. The number of nitrogens with one attached hydrogen (secondary N) is 1. The molecule has 20 heavy (non-hydrogen) atoms. The van der Waals surface area contributed by atoms with E-state index in [0.717, 1.165) is 6.54 Å². The maximum Gasteiger partial charge on any atom is 0.150 e. The molecule has 0 aromatic heterocycles. The van der Waals surface area contributed by atoms with Gasteiger partial charge in [0.2, 0.25) is 0 Å². The third-order valence-electron chi connectivity index (χ3n) is 2.96. The Labute approximate surface area is 130 Å². The number of hydrogen-bond donors (Lipinski definition) is 1. The SMILES string of the molecule is CCNCc1ccc(-c2ccc(Br)c(Cl)c2F)cc1F. The van der Waals surface area contributed by atoms with Crippen molar-refractivity contribution in [2.24, 2.45) is 0 Å². The Kier molecular flexibility index (Phi) is 5.13. The van der Waals surface area contributed by atoms with Gasteiger partial charge in [-0.1, -0.05) is 36.7 Å². The highest BCUT2D eigenvalue weighted by atomic mass is 79.9. The van der Waals surface area contributed by atoms with E-state index in [0.29, 0.717) is 22.1 Å². The van der Waals surface area contributed by atoms with Gasteiger partial charge in [0.05, 0.1) is 5.02 Å². The van der Waals surface area contributed by atoms with Crippen molar-refractivity contribution in [3.63, 3.8) is 0 Å². The summed E-state index contributed by atoms with van der Waals surface area (Å²) < 4.78 is 28.5. The zero-order chi connectivity index (χ0) is 14.7. The predicted octanol–water partition coefficient (Wildman–Crippen LogP) is 5.16. The van der Waals surface area contributed by atoms with Gasteiger partial charge in [0.1, 0.15) is 5.82 Å². The summed E-state index contributed by atoms with van der Waals surface area (Å²) in [5, 5.41) is 3.05. The first-order valence-corrected chi connectivity index (χ1v) is 7.34. The van der Waals surface area contributed by atoms with Gasteiger partial charge in [-0.05, 0) is 40.2 Å². The highest BCUT2D eigenvalue weighted by Gasteiger charge is 2.13. The molecule has 0 atom stereocenters. The summed E-state index contributed by atoms with van der Waals surface area (Å²) >= 11 is 9.00. The van der Waals surface area contributed by atoms with E-state index in [1.165, 1.54) is 6.07 Å². The zero-order valence-corrected chi connectivity index (χ0v) is 13.2. The summed E-state index contributed by atoms with van der Waals surface area (Å²) in [5.41, 5.74) is 1.31. The van der Waals surface area contributed by atoms with Crippen LogP contribution in [-0.4, -0.2) is 6.54 Å². The van der Waals surface area contributed by atoms with Gasteiger partial charge in [-0.25, -0.2) is 8.78 Å². The molecule has 2 aromatic rings. The summed E-state index contributed by atoms with van der Waals surface area (Å²) in [7, 11) is 0. The van der Waals surface area contributed by atoms with Crippen molar-refractivity contribution >= 4 is 27.5 Å². The van der Waals surface area contributed by atoms with Crippen LogP contribution in [0.1, 0.15) is 12.5 Å². The molecule has 0 unspecified atom stereocenters. The average Bonchev–Trinajstić information content (AvgIpc) is 2.44. The summed E-state index contributed by atoms with van der Waals surface area (Å²) in [4.78, 5) is 0. The standard InChI is InChI=1S/C15H13BrClF2N/c1-2-20-8-10-4-3-9(7-13(10)18)11-5-6-12(16)14(17)15(11)19/h3-7,20H,2,8H2,1H3. The quantitative estimate of drug-likeness (QED) is 0.743. The molecular formula is C15H13BrClF2N. The lowest BCUT2D eigenvalue weighted by Gasteiger charge is -2.09. The molecule has 0 saturated carbocycles. The zero-order valence-electron chi connectivity index (χ0n) is 10.8. The molecule has 0 heterocycles. The number of benzene rings is 2. The summed E-state index contributed by atoms with van der Waals surface area (Å²) in [5.74, 6) is -0.915. The van der Waals surface area contributed by atoms with Crippen molar-refractivity contribution < 1.29 is 8.78 Å². The Balaban J connectivity index is 2.39. The molecular weight excluding hydrogens is 348 g/mol. The highest BCUT2D eigenvalue weighted by molar-refractivity contribution is 9.10. The van der Waals surface area contributed by atoms with E-state index in [-0.39, 0.29) is 16.4 Å². The predicted molar refractivity (Wildman–Crippen MR) is 81.9 cm³/mol.